The Morgan fingerprint density at radius 2 is 1.88 bits per heavy atom. The molecular formula is C13H15ClN2. The molecule has 0 spiro atoms. The fourth-order valence-electron chi connectivity index (χ4n) is 2.15. The van der Waals surface area contributed by atoms with Gasteiger partial charge in [-0.3, -0.25) is 4.90 Å². The van der Waals surface area contributed by atoms with Crippen LogP contribution in [0.1, 0.15) is 18.4 Å². The highest BCUT2D eigenvalue weighted by molar-refractivity contribution is 6.30. The lowest BCUT2D eigenvalue weighted by Gasteiger charge is -2.21. The molecule has 3 heteroatoms. The van der Waals surface area contributed by atoms with Crippen LogP contribution >= 0.6 is 11.6 Å². The number of nitriles is 1. The van der Waals surface area contributed by atoms with E-state index in [4.69, 9.17) is 11.6 Å². The molecule has 1 saturated heterocycles. The number of nitrogens with zero attached hydrogens (tertiary/aromatic N) is 2. The highest BCUT2D eigenvalue weighted by Crippen LogP contribution is 2.16. The van der Waals surface area contributed by atoms with Crippen LogP contribution in [0.15, 0.2) is 24.3 Å². The lowest BCUT2D eigenvalue weighted by atomic mass is 10.1. The summed E-state index contributed by atoms with van der Waals surface area (Å²) in [5, 5.41) is 9.93. The zero-order chi connectivity index (χ0) is 11.4. The maximum Gasteiger partial charge on any atom is 0.102 e. The normalized spacial score (nSPS) is 18.2. The van der Waals surface area contributed by atoms with E-state index >= 15 is 0 Å². The average Bonchev–Trinajstić information content (AvgIpc) is 2.82. The van der Waals surface area contributed by atoms with Crippen LogP contribution in [-0.4, -0.2) is 24.0 Å². The van der Waals surface area contributed by atoms with Crippen molar-refractivity contribution in [1.29, 1.82) is 5.26 Å². The Bertz CT molecular complexity index is 374. The third-order valence-electron chi connectivity index (χ3n) is 3.07. The van der Waals surface area contributed by atoms with Gasteiger partial charge in [0.25, 0.3) is 0 Å². The molecule has 0 aliphatic carbocycles. The Morgan fingerprint density at radius 3 is 2.44 bits per heavy atom. The van der Waals surface area contributed by atoms with Gasteiger partial charge in [-0.1, -0.05) is 23.7 Å². The topological polar surface area (TPSA) is 27.0 Å². The number of rotatable bonds is 3. The van der Waals surface area contributed by atoms with Crippen LogP contribution in [0.2, 0.25) is 5.02 Å². The molecule has 1 unspecified atom stereocenters. The van der Waals surface area contributed by atoms with Crippen molar-refractivity contribution in [3.8, 4) is 6.07 Å². The Morgan fingerprint density at radius 1 is 1.25 bits per heavy atom. The van der Waals surface area contributed by atoms with Crippen molar-refractivity contribution in [3.63, 3.8) is 0 Å². The van der Waals surface area contributed by atoms with Crippen LogP contribution in [0.4, 0.5) is 0 Å². The summed E-state index contributed by atoms with van der Waals surface area (Å²) in [4.78, 5) is 2.27. The van der Waals surface area contributed by atoms with Crippen molar-refractivity contribution in [2.24, 2.45) is 0 Å². The van der Waals surface area contributed by atoms with Gasteiger partial charge in [0, 0.05) is 11.4 Å². The molecule has 0 N–H and O–H groups in total. The van der Waals surface area contributed by atoms with Gasteiger partial charge < -0.3 is 0 Å². The Labute approximate surface area is 101 Å². The molecular weight excluding hydrogens is 220 g/mol. The van der Waals surface area contributed by atoms with Gasteiger partial charge in [-0.15, -0.1) is 0 Å². The maximum absolute atomic E-state index is 9.18. The van der Waals surface area contributed by atoms with E-state index in [0.717, 1.165) is 24.5 Å². The van der Waals surface area contributed by atoms with E-state index in [1.807, 2.05) is 24.3 Å². The van der Waals surface area contributed by atoms with Crippen LogP contribution in [0.5, 0.6) is 0 Å². The van der Waals surface area contributed by atoms with Gasteiger partial charge in [0.1, 0.15) is 6.04 Å². The fraction of sp³-hybridized carbons (Fsp3) is 0.462. The van der Waals surface area contributed by atoms with Crippen LogP contribution < -0.4 is 0 Å². The molecule has 1 fully saturated rings. The van der Waals surface area contributed by atoms with E-state index < -0.39 is 0 Å². The summed E-state index contributed by atoms with van der Waals surface area (Å²) < 4.78 is 0. The van der Waals surface area contributed by atoms with E-state index in [9.17, 15) is 5.26 Å². The largest absolute Gasteiger partial charge is 0.288 e. The number of halogens is 1. The number of likely N-dealkylation sites (tertiary alicyclic amines) is 1. The molecule has 1 aliphatic heterocycles. The Hall–Kier alpha value is -1.04. The Balaban J connectivity index is 2.01. The van der Waals surface area contributed by atoms with Crippen molar-refractivity contribution < 1.29 is 0 Å². The minimum absolute atomic E-state index is 0.0173. The molecule has 1 atom stereocenters. The van der Waals surface area contributed by atoms with E-state index in [1.54, 1.807) is 0 Å². The van der Waals surface area contributed by atoms with Gasteiger partial charge in [-0.25, -0.2) is 0 Å². The van der Waals surface area contributed by atoms with Gasteiger partial charge in [0.05, 0.1) is 6.07 Å². The number of benzene rings is 1. The summed E-state index contributed by atoms with van der Waals surface area (Å²) in [7, 11) is 0. The van der Waals surface area contributed by atoms with Crippen LogP contribution in [0, 0.1) is 11.3 Å². The molecule has 2 nitrogen and oxygen atoms in total. The quantitative estimate of drug-likeness (QED) is 0.804. The molecule has 0 amide bonds. The number of hydrogen-bond donors (Lipinski definition) is 0. The lowest BCUT2D eigenvalue weighted by molar-refractivity contribution is 0.288. The average molecular weight is 235 g/mol. The molecule has 84 valence electrons. The molecule has 0 bridgehead atoms. The van der Waals surface area contributed by atoms with Crippen LogP contribution in [-0.2, 0) is 6.42 Å². The second-order valence-electron chi connectivity index (χ2n) is 4.22. The SMILES string of the molecule is N#CC(Cc1ccc(Cl)cc1)N1CCCC1. The second-order valence-corrected chi connectivity index (χ2v) is 4.65. The predicted molar refractivity (Wildman–Crippen MR) is 65.4 cm³/mol. The Kier molecular flexibility index (Phi) is 3.82. The van der Waals surface area contributed by atoms with E-state index in [-0.39, 0.29) is 6.04 Å². The molecule has 0 aromatic heterocycles. The summed E-state index contributed by atoms with van der Waals surface area (Å²) in [6.07, 6.45) is 3.24. The highest BCUT2D eigenvalue weighted by atomic mass is 35.5. The minimum Gasteiger partial charge on any atom is -0.288 e. The van der Waals surface area contributed by atoms with Crippen LogP contribution in [0.3, 0.4) is 0 Å². The van der Waals surface area contributed by atoms with E-state index in [0.29, 0.717) is 0 Å². The van der Waals surface area contributed by atoms with Crippen molar-refractivity contribution in [1.82, 2.24) is 4.90 Å². The molecule has 1 aromatic carbocycles. The van der Waals surface area contributed by atoms with Crippen molar-refractivity contribution in [2.75, 3.05) is 13.1 Å². The number of hydrogen-bond acceptors (Lipinski definition) is 2. The summed E-state index contributed by atoms with van der Waals surface area (Å²) >= 11 is 5.83. The fourth-order valence-corrected chi connectivity index (χ4v) is 2.28. The first kappa shape index (κ1) is 11.4. The van der Waals surface area contributed by atoms with E-state index in [2.05, 4.69) is 11.0 Å². The second kappa shape index (κ2) is 5.34. The van der Waals surface area contributed by atoms with Gasteiger partial charge >= 0.3 is 0 Å². The standard InChI is InChI=1S/C13H15ClN2/c14-12-5-3-11(4-6-12)9-13(10-15)16-7-1-2-8-16/h3-6,13H,1-2,7-9H2. The molecule has 0 saturated carbocycles. The predicted octanol–water partition coefficient (Wildman–Crippen LogP) is 2.87. The summed E-state index contributed by atoms with van der Waals surface area (Å²) in [5.74, 6) is 0. The summed E-state index contributed by atoms with van der Waals surface area (Å²) in [5.41, 5.74) is 1.18. The molecule has 1 aromatic rings. The van der Waals surface area contributed by atoms with Crippen LogP contribution in [0.25, 0.3) is 0 Å². The zero-order valence-electron chi connectivity index (χ0n) is 9.19. The van der Waals surface area contributed by atoms with Crippen molar-refractivity contribution in [2.45, 2.75) is 25.3 Å². The van der Waals surface area contributed by atoms with Crippen molar-refractivity contribution >= 4 is 11.6 Å². The third-order valence-corrected chi connectivity index (χ3v) is 3.32. The summed E-state index contributed by atoms with van der Waals surface area (Å²) in [6.45, 7) is 2.12. The first-order chi connectivity index (χ1) is 7.79. The minimum atomic E-state index is 0.0173. The van der Waals surface area contributed by atoms with Gasteiger partial charge in [0.2, 0.25) is 0 Å². The highest BCUT2D eigenvalue weighted by Gasteiger charge is 2.21. The third kappa shape index (κ3) is 2.75. The first-order valence-corrected chi connectivity index (χ1v) is 6.05. The summed E-state index contributed by atoms with van der Waals surface area (Å²) in [6, 6.07) is 10.2. The van der Waals surface area contributed by atoms with Gasteiger partial charge in [0.15, 0.2) is 0 Å². The molecule has 0 radical (unpaired) electrons. The molecule has 16 heavy (non-hydrogen) atoms. The molecule has 2 rings (SSSR count). The molecule has 1 heterocycles. The van der Waals surface area contributed by atoms with E-state index in [1.165, 1.54) is 18.4 Å². The lowest BCUT2D eigenvalue weighted by Crippen LogP contribution is -2.33. The first-order valence-electron chi connectivity index (χ1n) is 5.68. The van der Waals surface area contributed by atoms with Crippen molar-refractivity contribution in [3.05, 3.63) is 34.9 Å². The van der Waals surface area contributed by atoms with Gasteiger partial charge in [-0.05, 0) is 43.6 Å². The monoisotopic (exact) mass is 234 g/mol. The maximum atomic E-state index is 9.18. The smallest absolute Gasteiger partial charge is 0.102 e. The molecule has 1 aliphatic rings. The van der Waals surface area contributed by atoms with Gasteiger partial charge in [-0.2, -0.15) is 5.26 Å². The zero-order valence-corrected chi connectivity index (χ0v) is 9.95.